The van der Waals surface area contributed by atoms with Gasteiger partial charge in [-0.25, -0.2) is 4.39 Å². The number of halogens is 1. The molecule has 1 aliphatic heterocycles. The highest BCUT2D eigenvalue weighted by Gasteiger charge is 2.34. The highest BCUT2D eigenvalue weighted by molar-refractivity contribution is 5.97. The summed E-state index contributed by atoms with van der Waals surface area (Å²) in [6, 6.07) is 12.5. The number of benzene rings is 2. The topological polar surface area (TPSA) is 65.2 Å². The number of amides is 2. The first-order valence-electron chi connectivity index (χ1n) is 10.3. The molecule has 0 unspecified atom stereocenters. The Bertz CT molecular complexity index is 1070. The summed E-state index contributed by atoms with van der Waals surface area (Å²) >= 11 is 0. The van der Waals surface area contributed by atoms with E-state index in [0.29, 0.717) is 25.4 Å². The van der Waals surface area contributed by atoms with Crippen molar-refractivity contribution in [2.75, 3.05) is 18.4 Å². The Balaban J connectivity index is 1.35. The van der Waals surface area contributed by atoms with Crippen molar-refractivity contribution in [2.45, 2.75) is 32.6 Å². The molecule has 2 N–H and O–H groups in total. The van der Waals surface area contributed by atoms with Gasteiger partial charge in [0, 0.05) is 42.3 Å². The van der Waals surface area contributed by atoms with Crippen LogP contribution in [0.1, 0.15) is 37.3 Å². The summed E-state index contributed by atoms with van der Waals surface area (Å²) in [4.78, 5) is 29.9. The number of fused-ring (bicyclic) bond motifs is 1. The van der Waals surface area contributed by atoms with Crippen molar-refractivity contribution in [2.24, 2.45) is 5.92 Å². The number of likely N-dealkylation sites (tertiary alicyclic amines) is 1. The van der Waals surface area contributed by atoms with Gasteiger partial charge in [0.05, 0.1) is 5.92 Å². The normalized spacial score (nSPS) is 16.6. The molecule has 0 bridgehead atoms. The number of carbonyl (C=O) groups excluding carboxylic acids is 2. The number of nitrogens with zero attached hydrogens (tertiary/aromatic N) is 1. The van der Waals surface area contributed by atoms with E-state index in [2.05, 4.69) is 24.1 Å². The second kappa shape index (κ2) is 8.30. The summed E-state index contributed by atoms with van der Waals surface area (Å²) in [6.45, 7) is 5.17. The number of nitrogens with one attached hydrogen (secondary N) is 2. The monoisotopic (exact) mass is 407 g/mol. The van der Waals surface area contributed by atoms with Crippen molar-refractivity contribution in [3.63, 3.8) is 0 Å². The second-order valence-corrected chi connectivity index (χ2v) is 8.26. The summed E-state index contributed by atoms with van der Waals surface area (Å²) in [5.74, 6) is -0.348. The third-order valence-corrected chi connectivity index (χ3v) is 5.81. The van der Waals surface area contributed by atoms with Crippen LogP contribution in [0.4, 0.5) is 10.1 Å². The van der Waals surface area contributed by atoms with Crippen LogP contribution in [0.2, 0.25) is 0 Å². The number of anilines is 1. The van der Waals surface area contributed by atoms with Crippen molar-refractivity contribution in [3.05, 3.63) is 65.6 Å². The van der Waals surface area contributed by atoms with Gasteiger partial charge in [-0.1, -0.05) is 26.0 Å². The number of hydrogen-bond donors (Lipinski definition) is 2. The fourth-order valence-corrected chi connectivity index (χ4v) is 3.97. The molecule has 5 nitrogen and oxygen atoms in total. The molecule has 2 heterocycles. The van der Waals surface area contributed by atoms with Crippen molar-refractivity contribution < 1.29 is 14.0 Å². The molecule has 4 rings (SSSR count). The van der Waals surface area contributed by atoms with Gasteiger partial charge in [-0.15, -0.1) is 0 Å². The first-order chi connectivity index (χ1) is 14.4. The van der Waals surface area contributed by atoms with Crippen LogP contribution in [-0.4, -0.2) is 34.8 Å². The van der Waals surface area contributed by atoms with Crippen LogP contribution in [0.5, 0.6) is 0 Å². The van der Waals surface area contributed by atoms with Gasteiger partial charge in [0.2, 0.25) is 11.8 Å². The lowest BCUT2D eigenvalue weighted by molar-refractivity contribution is -0.128. The van der Waals surface area contributed by atoms with Gasteiger partial charge in [-0.2, -0.15) is 0 Å². The Morgan fingerprint density at radius 2 is 2.00 bits per heavy atom. The summed E-state index contributed by atoms with van der Waals surface area (Å²) in [7, 11) is 0. The molecule has 0 aliphatic carbocycles. The average Bonchev–Trinajstić information content (AvgIpc) is 3.29. The van der Waals surface area contributed by atoms with Gasteiger partial charge in [-0.05, 0) is 53.8 Å². The predicted octanol–water partition coefficient (Wildman–Crippen LogP) is 4.46. The van der Waals surface area contributed by atoms with E-state index < -0.39 is 0 Å². The minimum absolute atomic E-state index is 0.0173. The highest BCUT2D eigenvalue weighted by Crippen LogP contribution is 2.24. The lowest BCUT2D eigenvalue weighted by Crippen LogP contribution is -2.30. The maximum Gasteiger partial charge on any atom is 0.229 e. The third kappa shape index (κ3) is 4.22. The minimum atomic E-state index is -0.359. The molecule has 156 valence electrons. The van der Waals surface area contributed by atoms with Crippen LogP contribution in [0.25, 0.3) is 10.9 Å². The smallest absolute Gasteiger partial charge is 0.229 e. The maximum atomic E-state index is 13.6. The van der Waals surface area contributed by atoms with E-state index in [1.807, 2.05) is 30.5 Å². The van der Waals surface area contributed by atoms with Crippen LogP contribution in [0, 0.1) is 11.7 Å². The Labute approximate surface area is 175 Å². The maximum absolute atomic E-state index is 13.6. The van der Waals surface area contributed by atoms with E-state index in [9.17, 15) is 14.0 Å². The minimum Gasteiger partial charge on any atom is -0.361 e. The van der Waals surface area contributed by atoms with E-state index in [4.69, 9.17) is 0 Å². The second-order valence-electron chi connectivity index (χ2n) is 8.26. The first-order valence-corrected chi connectivity index (χ1v) is 10.3. The zero-order chi connectivity index (χ0) is 21.3. The molecule has 1 fully saturated rings. The Morgan fingerprint density at radius 1 is 1.23 bits per heavy atom. The van der Waals surface area contributed by atoms with Gasteiger partial charge in [0.15, 0.2) is 0 Å². The van der Waals surface area contributed by atoms with E-state index in [1.54, 1.807) is 11.0 Å². The first kappa shape index (κ1) is 20.1. The van der Waals surface area contributed by atoms with Gasteiger partial charge >= 0.3 is 0 Å². The fraction of sp³-hybridized carbons (Fsp3) is 0.333. The van der Waals surface area contributed by atoms with Crippen LogP contribution in [-0.2, 0) is 16.0 Å². The van der Waals surface area contributed by atoms with Crippen molar-refractivity contribution >= 4 is 28.4 Å². The van der Waals surface area contributed by atoms with Crippen LogP contribution >= 0.6 is 0 Å². The number of rotatable bonds is 6. The fourth-order valence-electron chi connectivity index (χ4n) is 3.97. The zero-order valence-electron chi connectivity index (χ0n) is 17.2. The highest BCUT2D eigenvalue weighted by atomic mass is 19.1. The molecule has 1 atom stereocenters. The molecular weight excluding hydrogens is 381 g/mol. The van der Waals surface area contributed by atoms with Crippen LogP contribution in [0.15, 0.2) is 48.7 Å². The number of H-pyrrole nitrogens is 1. The van der Waals surface area contributed by atoms with E-state index >= 15 is 0 Å². The van der Waals surface area contributed by atoms with Crippen LogP contribution in [0.3, 0.4) is 0 Å². The lowest BCUT2D eigenvalue weighted by Gasteiger charge is -2.16. The molecular formula is C24H26FN3O2. The van der Waals surface area contributed by atoms with Crippen molar-refractivity contribution in [3.8, 4) is 0 Å². The third-order valence-electron chi connectivity index (χ3n) is 5.81. The summed E-state index contributed by atoms with van der Waals surface area (Å²) in [5.41, 5.74) is 3.80. The number of hydrogen-bond acceptors (Lipinski definition) is 2. The molecule has 2 aromatic carbocycles. The van der Waals surface area contributed by atoms with E-state index in [-0.39, 0.29) is 30.0 Å². The molecule has 0 radical (unpaired) electrons. The summed E-state index contributed by atoms with van der Waals surface area (Å²) < 4.78 is 13.6. The average molecular weight is 407 g/mol. The molecule has 3 aromatic rings. The van der Waals surface area contributed by atoms with E-state index in [0.717, 1.165) is 22.2 Å². The van der Waals surface area contributed by atoms with Gasteiger partial charge < -0.3 is 15.2 Å². The molecule has 1 aliphatic rings. The molecule has 0 saturated carbocycles. The summed E-state index contributed by atoms with van der Waals surface area (Å²) in [5, 5.41) is 3.76. The van der Waals surface area contributed by atoms with Crippen LogP contribution < -0.4 is 5.32 Å². The van der Waals surface area contributed by atoms with Gasteiger partial charge in [0.25, 0.3) is 0 Å². The predicted molar refractivity (Wildman–Crippen MR) is 116 cm³/mol. The largest absolute Gasteiger partial charge is 0.361 e. The number of aromatic nitrogens is 1. The zero-order valence-corrected chi connectivity index (χ0v) is 17.2. The Hall–Kier alpha value is -3.15. The quantitative estimate of drug-likeness (QED) is 0.634. The standard InChI is InChI=1S/C24H26FN3O2/c1-15(2)16-3-6-20(7-4-16)27-24(30)18-11-23(29)28(14-18)10-9-17-13-26-22-8-5-19(25)12-21(17)22/h3-8,12-13,15,18,26H,9-11,14H2,1-2H3,(H,27,30)/t18-/m1/s1. The lowest BCUT2D eigenvalue weighted by atomic mass is 10.0. The Morgan fingerprint density at radius 3 is 2.73 bits per heavy atom. The molecule has 1 saturated heterocycles. The van der Waals surface area contributed by atoms with Gasteiger partial charge in [0.1, 0.15) is 5.82 Å². The molecule has 0 spiro atoms. The molecule has 30 heavy (non-hydrogen) atoms. The number of aromatic amines is 1. The van der Waals surface area contributed by atoms with Crippen molar-refractivity contribution in [1.29, 1.82) is 0 Å². The van der Waals surface area contributed by atoms with Gasteiger partial charge in [-0.3, -0.25) is 9.59 Å². The molecule has 1 aromatic heterocycles. The SMILES string of the molecule is CC(C)c1ccc(NC(=O)[C@@H]2CC(=O)N(CCc3c[nH]c4ccc(F)cc34)C2)cc1. The molecule has 6 heteroatoms. The van der Waals surface area contributed by atoms with E-state index in [1.165, 1.54) is 17.7 Å². The summed E-state index contributed by atoms with van der Waals surface area (Å²) in [6.07, 6.45) is 2.69. The molecule has 2 amide bonds. The van der Waals surface area contributed by atoms with Crippen molar-refractivity contribution in [1.82, 2.24) is 9.88 Å². The Kier molecular flexibility index (Phi) is 5.57. The number of carbonyl (C=O) groups is 2.